The van der Waals surface area contributed by atoms with Crippen LogP contribution in [-0.4, -0.2) is 23.4 Å². The first-order chi connectivity index (χ1) is 12.1. The molecule has 0 atom stereocenters. The fourth-order valence-corrected chi connectivity index (χ4v) is 2.37. The summed E-state index contributed by atoms with van der Waals surface area (Å²) >= 11 is 0. The van der Waals surface area contributed by atoms with Crippen molar-refractivity contribution >= 4 is 23.6 Å². The van der Waals surface area contributed by atoms with Crippen molar-refractivity contribution in [1.82, 2.24) is 0 Å². The zero-order chi connectivity index (χ0) is 17.8. The van der Waals surface area contributed by atoms with Crippen LogP contribution >= 0.6 is 0 Å². The smallest absolute Gasteiger partial charge is 0.363 e. The predicted molar refractivity (Wildman–Crippen MR) is 91.3 cm³/mol. The highest BCUT2D eigenvalue weighted by Crippen LogP contribution is 2.27. The Morgan fingerprint density at radius 1 is 1.20 bits per heavy atom. The molecular formula is C18H14N2O5. The zero-order valence-electron chi connectivity index (χ0n) is 13.3. The molecule has 0 aliphatic carbocycles. The molecule has 126 valence electrons. The Morgan fingerprint density at radius 3 is 2.68 bits per heavy atom. The molecule has 0 saturated carbocycles. The van der Waals surface area contributed by atoms with Crippen LogP contribution in [0.1, 0.15) is 18.1 Å². The molecule has 0 amide bonds. The standard InChI is InChI=1S/C18H14N2O5/c1-2-24-16-10-6-4-8-13(16)17-19-14(18(21)25-17)11-12-7-3-5-9-15(12)20(22)23/h3-11H,2H2,1H3/b14-11-. The molecule has 0 bridgehead atoms. The fraction of sp³-hybridized carbons (Fsp3) is 0.111. The van der Waals surface area contributed by atoms with E-state index in [4.69, 9.17) is 9.47 Å². The van der Waals surface area contributed by atoms with E-state index in [1.165, 1.54) is 12.1 Å². The van der Waals surface area contributed by atoms with Crippen LogP contribution in [0.15, 0.2) is 59.2 Å². The molecular weight excluding hydrogens is 324 g/mol. The van der Waals surface area contributed by atoms with Crippen LogP contribution < -0.4 is 4.74 Å². The summed E-state index contributed by atoms with van der Waals surface area (Å²) in [5.74, 6) is -0.0122. The molecule has 0 aromatic heterocycles. The largest absolute Gasteiger partial charge is 0.493 e. The van der Waals surface area contributed by atoms with E-state index in [2.05, 4.69) is 4.99 Å². The third-order valence-corrected chi connectivity index (χ3v) is 3.46. The Morgan fingerprint density at radius 2 is 1.92 bits per heavy atom. The molecule has 7 nitrogen and oxygen atoms in total. The number of hydrogen-bond donors (Lipinski definition) is 0. The molecule has 3 rings (SSSR count). The van der Waals surface area contributed by atoms with Gasteiger partial charge in [-0.2, -0.15) is 0 Å². The number of esters is 1. The minimum absolute atomic E-state index is 0.00407. The molecule has 0 N–H and O–H groups in total. The summed E-state index contributed by atoms with van der Waals surface area (Å²) in [4.78, 5) is 26.9. The lowest BCUT2D eigenvalue weighted by Crippen LogP contribution is -2.07. The zero-order valence-corrected chi connectivity index (χ0v) is 13.3. The monoisotopic (exact) mass is 338 g/mol. The van der Waals surface area contributed by atoms with Gasteiger partial charge in [-0.15, -0.1) is 0 Å². The third kappa shape index (κ3) is 3.40. The molecule has 0 spiro atoms. The van der Waals surface area contributed by atoms with Gasteiger partial charge >= 0.3 is 5.97 Å². The molecule has 2 aromatic carbocycles. The van der Waals surface area contributed by atoms with E-state index >= 15 is 0 Å². The van der Waals surface area contributed by atoms with Crippen LogP contribution in [0.2, 0.25) is 0 Å². The Kier molecular flexibility index (Phi) is 4.56. The maximum atomic E-state index is 12.1. The van der Waals surface area contributed by atoms with Crippen molar-refractivity contribution in [2.75, 3.05) is 6.61 Å². The van der Waals surface area contributed by atoms with Gasteiger partial charge in [0, 0.05) is 6.07 Å². The number of hydrogen-bond acceptors (Lipinski definition) is 6. The van der Waals surface area contributed by atoms with Crippen molar-refractivity contribution in [3.05, 3.63) is 75.5 Å². The lowest BCUT2D eigenvalue weighted by molar-refractivity contribution is -0.385. The fourth-order valence-electron chi connectivity index (χ4n) is 2.37. The highest BCUT2D eigenvalue weighted by Gasteiger charge is 2.27. The van der Waals surface area contributed by atoms with Crippen molar-refractivity contribution < 1.29 is 19.2 Å². The van der Waals surface area contributed by atoms with Crippen LogP contribution in [0.4, 0.5) is 5.69 Å². The van der Waals surface area contributed by atoms with E-state index in [1.807, 2.05) is 6.92 Å². The number of aliphatic imine (C=N–C) groups is 1. The Labute approximate surface area is 143 Å². The van der Waals surface area contributed by atoms with Crippen molar-refractivity contribution in [3.8, 4) is 5.75 Å². The normalized spacial score (nSPS) is 15.0. The predicted octanol–water partition coefficient (Wildman–Crippen LogP) is 3.34. The number of para-hydroxylation sites is 2. The Hall–Kier alpha value is -3.48. The van der Waals surface area contributed by atoms with E-state index < -0.39 is 10.9 Å². The lowest BCUT2D eigenvalue weighted by Gasteiger charge is -2.08. The highest BCUT2D eigenvalue weighted by molar-refractivity contribution is 6.13. The second-order valence-corrected chi connectivity index (χ2v) is 5.08. The number of rotatable bonds is 5. The molecule has 2 aromatic rings. The highest BCUT2D eigenvalue weighted by atomic mass is 16.6. The average Bonchev–Trinajstić information content (AvgIpc) is 2.96. The summed E-state index contributed by atoms with van der Waals surface area (Å²) < 4.78 is 10.7. The molecule has 25 heavy (non-hydrogen) atoms. The van der Waals surface area contributed by atoms with Crippen LogP contribution in [0.5, 0.6) is 5.75 Å². The van der Waals surface area contributed by atoms with Gasteiger partial charge in [-0.25, -0.2) is 9.79 Å². The number of cyclic esters (lactones) is 1. The number of ether oxygens (including phenoxy) is 2. The van der Waals surface area contributed by atoms with E-state index in [9.17, 15) is 14.9 Å². The molecule has 0 radical (unpaired) electrons. The van der Waals surface area contributed by atoms with Gasteiger partial charge in [-0.1, -0.05) is 24.3 Å². The van der Waals surface area contributed by atoms with E-state index in [0.29, 0.717) is 17.9 Å². The third-order valence-electron chi connectivity index (χ3n) is 3.46. The number of benzene rings is 2. The van der Waals surface area contributed by atoms with E-state index in [-0.39, 0.29) is 22.8 Å². The first-order valence-corrected chi connectivity index (χ1v) is 7.58. The molecule has 0 saturated heterocycles. The van der Waals surface area contributed by atoms with Crippen LogP contribution in [0.25, 0.3) is 6.08 Å². The minimum atomic E-state index is -0.667. The van der Waals surface area contributed by atoms with Gasteiger partial charge in [0.05, 0.1) is 22.7 Å². The quantitative estimate of drug-likeness (QED) is 0.361. The van der Waals surface area contributed by atoms with Crippen LogP contribution in [-0.2, 0) is 9.53 Å². The van der Waals surface area contributed by atoms with Crippen molar-refractivity contribution in [2.24, 2.45) is 4.99 Å². The number of nitrogens with zero attached hydrogens (tertiary/aromatic N) is 2. The van der Waals surface area contributed by atoms with Gasteiger partial charge in [0.1, 0.15) is 5.75 Å². The molecule has 1 aliphatic rings. The summed E-state index contributed by atoms with van der Waals surface area (Å²) in [6, 6.07) is 13.2. The summed E-state index contributed by atoms with van der Waals surface area (Å²) in [6.45, 7) is 2.30. The minimum Gasteiger partial charge on any atom is -0.493 e. The lowest BCUT2D eigenvalue weighted by atomic mass is 10.1. The first-order valence-electron chi connectivity index (χ1n) is 7.58. The van der Waals surface area contributed by atoms with Gasteiger partial charge in [0.15, 0.2) is 5.70 Å². The molecule has 1 aliphatic heterocycles. The number of nitro groups is 1. The summed E-state index contributed by atoms with van der Waals surface area (Å²) in [5.41, 5.74) is 0.711. The van der Waals surface area contributed by atoms with E-state index in [1.54, 1.807) is 42.5 Å². The molecule has 1 heterocycles. The van der Waals surface area contributed by atoms with Gasteiger partial charge in [-0.3, -0.25) is 10.1 Å². The second kappa shape index (κ2) is 6.96. The van der Waals surface area contributed by atoms with Gasteiger partial charge in [0.2, 0.25) is 5.90 Å². The van der Waals surface area contributed by atoms with Crippen LogP contribution in [0, 0.1) is 10.1 Å². The number of carbonyl (C=O) groups is 1. The van der Waals surface area contributed by atoms with Crippen molar-refractivity contribution in [2.45, 2.75) is 6.92 Å². The van der Waals surface area contributed by atoms with Crippen molar-refractivity contribution in [1.29, 1.82) is 0 Å². The number of carbonyl (C=O) groups excluding carboxylic acids is 1. The number of nitro benzene ring substituents is 1. The molecule has 0 unspecified atom stereocenters. The van der Waals surface area contributed by atoms with Crippen molar-refractivity contribution in [3.63, 3.8) is 0 Å². The first kappa shape index (κ1) is 16.4. The molecule has 7 heteroatoms. The van der Waals surface area contributed by atoms with Gasteiger partial charge in [0.25, 0.3) is 5.69 Å². The maximum absolute atomic E-state index is 12.1. The summed E-state index contributed by atoms with van der Waals surface area (Å²) in [5, 5.41) is 11.1. The molecule has 0 fully saturated rings. The topological polar surface area (TPSA) is 91.0 Å². The second-order valence-electron chi connectivity index (χ2n) is 5.08. The SMILES string of the molecule is CCOc1ccccc1C1=N/C(=C\c2ccccc2[N+](=O)[O-])C(=O)O1. The van der Waals surface area contributed by atoms with Gasteiger partial charge < -0.3 is 9.47 Å². The summed E-state index contributed by atoms with van der Waals surface area (Å²) in [7, 11) is 0. The van der Waals surface area contributed by atoms with Gasteiger partial charge in [-0.05, 0) is 31.2 Å². The summed E-state index contributed by atoms with van der Waals surface area (Å²) in [6.07, 6.45) is 1.34. The van der Waals surface area contributed by atoms with E-state index in [0.717, 1.165) is 0 Å². The maximum Gasteiger partial charge on any atom is 0.363 e. The Balaban J connectivity index is 2.01. The van der Waals surface area contributed by atoms with Crippen LogP contribution in [0.3, 0.4) is 0 Å². The Bertz CT molecular complexity index is 902. The average molecular weight is 338 g/mol.